The number of imidazole rings is 1. The van der Waals surface area contributed by atoms with Gasteiger partial charge in [0.2, 0.25) is 5.65 Å². The monoisotopic (exact) mass is 248 g/mol. The molecular formula is C12H16N4O2. The van der Waals surface area contributed by atoms with Gasteiger partial charge in [-0.15, -0.1) is 0 Å². The summed E-state index contributed by atoms with van der Waals surface area (Å²) in [6, 6.07) is 0. The van der Waals surface area contributed by atoms with E-state index in [9.17, 15) is 0 Å². The maximum absolute atomic E-state index is 5.74. The summed E-state index contributed by atoms with van der Waals surface area (Å²) in [5.74, 6) is 1.30. The zero-order valence-electron chi connectivity index (χ0n) is 10.3. The molecule has 18 heavy (non-hydrogen) atoms. The highest BCUT2D eigenvalue weighted by Gasteiger charge is 2.17. The molecule has 0 spiro atoms. The van der Waals surface area contributed by atoms with Crippen LogP contribution in [0, 0.1) is 0 Å². The van der Waals surface area contributed by atoms with Gasteiger partial charge < -0.3 is 14.8 Å². The predicted molar refractivity (Wildman–Crippen MR) is 67.0 cm³/mol. The minimum atomic E-state index is 0.181. The van der Waals surface area contributed by atoms with Gasteiger partial charge in [-0.1, -0.05) is 0 Å². The number of nitrogens with one attached hydrogen (secondary N) is 1. The molecule has 0 bridgehead atoms. The van der Waals surface area contributed by atoms with E-state index in [1.807, 2.05) is 23.8 Å². The Kier molecular flexibility index (Phi) is 3.02. The quantitative estimate of drug-likeness (QED) is 0.884. The van der Waals surface area contributed by atoms with Crippen molar-refractivity contribution in [3.8, 4) is 5.88 Å². The van der Waals surface area contributed by atoms with E-state index in [1.54, 1.807) is 6.20 Å². The Bertz CT molecular complexity index is 534. The van der Waals surface area contributed by atoms with Crippen molar-refractivity contribution in [2.75, 3.05) is 25.6 Å². The van der Waals surface area contributed by atoms with Gasteiger partial charge in [-0.3, -0.25) is 4.40 Å². The van der Waals surface area contributed by atoms with Crippen molar-refractivity contribution in [1.29, 1.82) is 0 Å². The Morgan fingerprint density at radius 1 is 1.61 bits per heavy atom. The molecule has 0 amide bonds. The topological polar surface area (TPSA) is 60.7 Å². The lowest BCUT2D eigenvalue weighted by atomic mass is 10.2. The molecule has 3 rings (SSSR count). The third-order valence-corrected chi connectivity index (χ3v) is 3.03. The summed E-state index contributed by atoms with van der Waals surface area (Å²) in [6.45, 7) is 1.36. The van der Waals surface area contributed by atoms with Gasteiger partial charge >= 0.3 is 0 Å². The molecule has 1 aliphatic rings. The van der Waals surface area contributed by atoms with Crippen molar-refractivity contribution >= 4 is 11.5 Å². The van der Waals surface area contributed by atoms with Crippen molar-refractivity contribution in [2.45, 2.75) is 18.9 Å². The van der Waals surface area contributed by atoms with E-state index < -0.39 is 0 Å². The molecule has 1 aliphatic heterocycles. The molecule has 96 valence electrons. The second kappa shape index (κ2) is 4.81. The minimum Gasteiger partial charge on any atom is -0.472 e. The fourth-order valence-electron chi connectivity index (χ4n) is 2.07. The van der Waals surface area contributed by atoms with Crippen molar-refractivity contribution in [3.63, 3.8) is 0 Å². The van der Waals surface area contributed by atoms with E-state index in [1.165, 1.54) is 0 Å². The van der Waals surface area contributed by atoms with E-state index >= 15 is 0 Å². The number of hydrogen-bond donors (Lipinski definition) is 1. The molecule has 2 aromatic heterocycles. The standard InChI is InChI=1S/C12H16N4O2/c1-13-10-7-16-5-4-14-11(16)12(15-10)18-8-9-3-2-6-17-9/h4-5,7,9,13H,2-3,6,8H2,1H3. The summed E-state index contributed by atoms with van der Waals surface area (Å²) in [5.41, 5.74) is 0.729. The molecule has 1 N–H and O–H groups in total. The Hall–Kier alpha value is -1.82. The smallest absolute Gasteiger partial charge is 0.260 e. The van der Waals surface area contributed by atoms with Crippen LogP contribution in [0.3, 0.4) is 0 Å². The van der Waals surface area contributed by atoms with Crippen LogP contribution in [0.25, 0.3) is 5.65 Å². The molecule has 0 aromatic carbocycles. The predicted octanol–water partition coefficient (Wildman–Crippen LogP) is 1.33. The van der Waals surface area contributed by atoms with Crippen molar-refractivity contribution in [3.05, 3.63) is 18.6 Å². The summed E-state index contributed by atoms with van der Waals surface area (Å²) < 4.78 is 13.2. The number of ether oxygens (including phenoxy) is 2. The van der Waals surface area contributed by atoms with Crippen LogP contribution in [0.2, 0.25) is 0 Å². The SMILES string of the molecule is CNc1cn2ccnc2c(OCC2CCCO2)n1. The maximum atomic E-state index is 5.74. The van der Waals surface area contributed by atoms with Gasteiger partial charge in [0.05, 0.1) is 12.3 Å². The zero-order valence-corrected chi connectivity index (χ0v) is 10.3. The number of rotatable bonds is 4. The summed E-state index contributed by atoms with van der Waals surface area (Å²) in [5, 5.41) is 3.01. The second-order valence-electron chi connectivity index (χ2n) is 4.29. The molecule has 1 saturated heterocycles. The van der Waals surface area contributed by atoms with Crippen LogP contribution in [-0.4, -0.2) is 40.7 Å². The average molecular weight is 248 g/mol. The zero-order chi connectivity index (χ0) is 12.4. The highest BCUT2D eigenvalue weighted by Crippen LogP contribution is 2.20. The lowest BCUT2D eigenvalue weighted by Crippen LogP contribution is -2.17. The minimum absolute atomic E-state index is 0.181. The highest BCUT2D eigenvalue weighted by molar-refractivity contribution is 5.53. The van der Waals surface area contributed by atoms with Gasteiger partial charge in [0.25, 0.3) is 5.88 Å². The van der Waals surface area contributed by atoms with Gasteiger partial charge in [-0.25, -0.2) is 4.98 Å². The normalized spacial score (nSPS) is 19.3. The molecule has 0 saturated carbocycles. The number of hydrogen-bond acceptors (Lipinski definition) is 5. The van der Waals surface area contributed by atoms with Crippen LogP contribution in [-0.2, 0) is 4.74 Å². The molecule has 6 nitrogen and oxygen atoms in total. The van der Waals surface area contributed by atoms with Crippen LogP contribution >= 0.6 is 0 Å². The Labute approximate surface area is 105 Å². The van der Waals surface area contributed by atoms with Crippen molar-refractivity contribution in [1.82, 2.24) is 14.4 Å². The lowest BCUT2D eigenvalue weighted by Gasteiger charge is -2.12. The Morgan fingerprint density at radius 2 is 2.56 bits per heavy atom. The first-order valence-corrected chi connectivity index (χ1v) is 6.12. The molecule has 0 radical (unpaired) electrons. The van der Waals surface area contributed by atoms with E-state index in [4.69, 9.17) is 9.47 Å². The average Bonchev–Trinajstić information content (AvgIpc) is 3.06. The third-order valence-electron chi connectivity index (χ3n) is 3.03. The van der Waals surface area contributed by atoms with Crippen LogP contribution in [0.5, 0.6) is 5.88 Å². The van der Waals surface area contributed by atoms with Crippen LogP contribution in [0.4, 0.5) is 5.82 Å². The molecule has 6 heteroatoms. The van der Waals surface area contributed by atoms with Gasteiger partial charge in [-0.2, -0.15) is 4.98 Å². The summed E-state index contributed by atoms with van der Waals surface area (Å²) in [6.07, 6.45) is 7.82. The molecule has 1 atom stereocenters. The van der Waals surface area contributed by atoms with Gasteiger partial charge in [-0.05, 0) is 12.8 Å². The number of aromatic nitrogens is 3. The largest absolute Gasteiger partial charge is 0.472 e. The Morgan fingerprint density at radius 3 is 3.33 bits per heavy atom. The number of nitrogens with zero attached hydrogens (tertiary/aromatic N) is 3. The fraction of sp³-hybridized carbons (Fsp3) is 0.500. The third kappa shape index (κ3) is 2.11. The summed E-state index contributed by atoms with van der Waals surface area (Å²) in [7, 11) is 1.83. The van der Waals surface area contributed by atoms with Crippen LogP contribution < -0.4 is 10.1 Å². The van der Waals surface area contributed by atoms with Crippen LogP contribution in [0.15, 0.2) is 18.6 Å². The second-order valence-corrected chi connectivity index (χ2v) is 4.29. The first-order chi connectivity index (χ1) is 8.86. The maximum Gasteiger partial charge on any atom is 0.260 e. The lowest BCUT2D eigenvalue weighted by molar-refractivity contribution is 0.0667. The first kappa shape index (κ1) is 11.3. The van der Waals surface area contributed by atoms with Crippen molar-refractivity contribution in [2.24, 2.45) is 0 Å². The fourth-order valence-corrected chi connectivity index (χ4v) is 2.07. The van der Waals surface area contributed by atoms with E-state index in [-0.39, 0.29) is 6.10 Å². The number of anilines is 1. The first-order valence-electron chi connectivity index (χ1n) is 6.12. The van der Waals surface area contributed by atoms with E-state index in [0.717, 1.165) is 30.9 Å². The summed E-state index contributed by atoms with van der Waals surface area (Å²) >= 11 is 0. The molecular weight excluding hydrogens is 232 g/mol. The summed E-state index contributed by atoms with van der Waals surface area (Å²) in [4.78, 5) is 8.63. The Balaban J connectivity index is 1.82. The molecule has 1 unspecified atom stereocenters. The van der Waals surface area contributed by atoms with Crippen LogP contribution in [0.1, 0.15) is 12.8 Å². The van der Waals surface area contributed by atoms with Gasteiger partial charge in [0.1, 0.15) is 12.4 Å². The van der Waals surface area contributed by atoms with E-state index in [2.05, 4.69) is 15.3 Å². The van der Waals surface area contributed by atoms with E-state index in [0.29, 0.717) is 12.5 Å². The molecule has 3 heterocycles. The highest BCUT2D eigenvalue weighted by atomic mass is 16.5. The van der Waals surface area contributed by atoms with Crippen molar-refractivity contribution < 1.29 is 9.47 Å². The molecule has 2 aromatic rings. The molecule has 0 aliphatic carbocycles. The molecule has 1 fully saturated rings. The van der Waals surface area contributed by atoms with Gasteiger partial charge in [0.15, 0.2) is 0 Å². The van der Waals surface area contributed by atoms with Gasteiger partial charge in [0, 0.05) is 26.0 Å². The number of fused-ring (bicyclic) bond motifs is 1.